The normalized spacial score (nSPS) is 20.1. The summed E-state index contributed by atoms with van der Waals surface area (Å²) in [5.74, 6) is 0.270. The first-order valence-corrected chi connectivity index (χ1v) is 6.80. The Bertz CT molecular complexity index is 491. The fourth-order valence-electron chi connectivity index (χ4n) is 3.14. The van der Waals surface area contributed by atoms with E-state index >= 15 is 0 Å². The van der Waals surface area contributed by atoms with E-state index in [1.165, 1.54) is 0 Å². The van der Waals surface area contributed by atoms with Gasteiger partial charge in [-0.25, -0.2) is 0 Å². The van der Waals surface area contributed by atoms with E-state index in [1.807, 2.05) is 31.3 Å². The van der Waals surface area contributed by atoms with Crippen LogP contribution in [0, 0.1) is 16.7 Å². The minimum absolute atomic E-state index is 0.0655. The van der Waals surface area contributed by atoms with Crippen LogP contribution < -0.4 is 10.6 Å². The lowest BCUT2D eigenvalue weighted by molar-refractivity contribution is -0.120. The molecule has 19 heavy (non-hydrogen) atoms. The number of para-hydroxylation sites is 1. The van der Waals surface area contributed by atoms with Gasteiger partial charge < -0.3 is 10.6 Å². The molecule has 1 aromatic rings. The first kappa shape index (κ1) is 14.1. The molecule has 1 aromatic carbocycles. The molecule has 2 rings (SSSR count). The molecule has 3 heteroatoms. The third-order valence-corrected chi connectivity index (χ3v) is 5.17. The Morgan fingerprint density at radius 2 is 1.74 bits per heavy atom. The summed E-state index contributed by atoms with van der Waals surface area (Å²) in [6, 6.07) is 7.83. The quantitative estimate of drug-likeness (QED) is 0.908. The van der Waals surface area contributed by atoms with Gasteiger partial charge in [0.05, 0.1) is 0 Å². The van der Waals surface area contributed by atoms with E-state index in [9.17, 15) is 4.79 Å². The molecular weight excluding hydrogens is 236 g/mol. The molecule has 2 N–H and O–H groups in total. The Hall–Kier alpha value is -1.35. The van der Waals surface area contributed by atoms with Crippen molar-refractivity contribution >= 4 is 11.6 Å². The van der Waals surface area contributed by atoms with Gasteiger partial charge in [-0.05, 0) is 22.5 Å². The van der Waals surface area contributed by atoms with Crippen LogP contribution in [0.25, 0.3) is 0 Å². The second kappa shape index (κ2) is 4.34. The lowest BCUT2D eigenvalue weighted by atomic mass is 10.0. The molecule has 1 amide bonds. The van der Waals surface area contributed by atoms with Crippen molar-refractivity contribution in [2.24, 2.45) is 22.5 Å². The largest absolute Gasteiger partial charge is 0.326 e. The molecule has 1 fully saturated rings. The smallest absolute Gasteiger partial charge is 0.230 e. The van der Waals surface area contributed by atoms with Gasteiger partial charge in [-0.15, -0.1) is 0 Å². The predicted molar refractivity (Wildman–Crippen MR) is 78.8 cm³/mol. The molecule has 0 aromatic heterocycles. The highest BCUT2D eigenvalue weighted by molar-refractivity contribution is 5.98. The number of hydrogen-bond acceptors (Lipinski definition) is 2. The third-order valence-electron chi connectivity index (χ3n) is 5.17. The Kier molecular flexibility index (Phi) is 3.21. The van der Waals surface area contributed by atoms with E-state index in [-0.39, 0.29) is 22.7 Å². The lowest BCUT2D eigenvalue weighted by Gasteiger charge is -2.21. The van der Waals surface area contributed by atoms with Crippen LogP contribution in [-0.4, -0.2) is 13.0 Å². The van der Waals surface area contributed by atoms with Crippen molar-refractivity contribution in [1.82, 2.24) is 0 Å². The van der Waals surface area contributed by atoms with Gasteiger partial charge in [-0.1, -0.05) is 45.9 Å². The molecule has 0 bridgehead atoms. The van der Waals surface area contributed by atoms with Gasteiger partial charge in [0.15, 0.2) is 0 Å². The van der Waals surface area contributed by atoms with E-state index in [1.54, 1.807) is 4.90 Å². The average Bonchev–Trinajstić information content (AvgIpc) is 2.78. The van der Waals surface area contributed by atoms with Crippen LogP contribution in [0.2, 0.25) is 0 Å². The van der Waals surface area contributed by atoms with Crippen LogP contribution in [0.5, 0.6) is 0 Å². The van der Waals surface area contributed by atoms with Gasteiger partial charge >= 0.3 is 0 Å². The Labute approximate surface area is 115 Å². The van der Waals surface area contributed by atoms with Crippen LogP contribution in [0.15, 0.2) is 24.3 Å². The van der Waals surface area contributed by atoms with E-state index in [0.29, 0.717) is 6.54 Å². The number of anilines is 1. The van der Waals surface area contributed by atoms with Gasteiger partial charge in [0, 0.05) is 25.2 Å². The monoisotopic (exact) mass is 260 g/mol. The first-order valence-electron chi connectivity index (χ1n) is 6.80. The molecule has 104 valence electrons. The van der Waals surface area contributed by atoms with Crippen LogP contribution in [0.1, 0.15) is 33.3 Å². The van der Waals surface area contributed by atoms with Crippen LogP contribution in [-0.2, 0) is 11.3 Å². The average molecular weight is 260 g/mol. The van der Waals surface area contributed by atoms with Crippen molar-refractivity contribution in [3.63, 3.8) is 0 Å². The van der Waals surface area contributed by atoms with Gasteiger partial charge in [-0.2, -0.15) is 0 Å². The molecule has 0 saturated heterocycles. The maximum Gasteiger partial charge on any atom is 0.230 e. The van der Waals surface area contributed by atoms with Crippen LogP contribution in [0.4, 0.5) is 5.69 Å². The number of hydrogen-bond donors (Lipinski definition) is 1. The highest BCUT2D eigenvalue weighted by Gasteiger charge is 2.68. The van der Waals surface area contributed by atoms with Gasteiger partial charge in [-0.3, -0.25) is 4.79 Å². The molecule has 0 radical (unpaired) electrons. The molecule has 3 nitrogen and oxygen atoms in total. The molecule has 0 unspecified atom stereocenters. The van der Waals surface area contributed by atoms with Crippen molar-refractivity contribution in [1.29, 1.82) is 0 Å². The molecule has 0 spiro atoms. The SMILES string of the molecule is CN(C(=O)C1C(C)(C)C1(C)C)c1ccccc1CN. The highest BCUT2D eigenvalue weighted by Crippen LogP contribution is 2.68. The van der Waals surface area contributed by atoms with E-state index < -0.39 is 0 Å². The van der Waals surface area contributed by atoms with Gasteiger partial charge in [0.2, 0.25) is 5.91 Å². The lowest BCUT2D eigenvalue weighted by Crippen LogP contribution is -2.31. The maximum atomic E-state index is 12.7. The van der Waals surface area contributed by atoms with Crippen molar-refractivity contribution in [2.45, 2.75) is 34.2 Å². The van der Waals surface area contributed by atoms with Gasteiger partial charge in [0.25, 0.3) is 0 Å². The summed E-state index contributed by atoms with van der Waals surface area (Å²) in [7, 11) is 1.85. The van der Waals surface area contributed by atoms with E-state index in [4.69, 9.17) is 5.73 Å². The first-order chi connectivity index (χ1) is 8.75. The second-order valence-corrected chi connectivity index (χ2v) is 6.61. The van der Waals surface area contributed by atoms with E-state index in [2.05, 4.69) is 27.7 Å². The maximum absolute atomic E-state index is 12.7. The van der Waals surface area contributed by atoms with E-state index in [0.717, 1.165) is 11.3 Å². The fourth-order valence-corrected chi connectivity index (χ4v) is 3.14. The Morgan fingerprint density at radius 3 is 2.21 bits per heavy atom. The minimum atomic E-state index is 0.0655. The van der Waals surface area contributed by atoms with Crippen LogP contribution >= 0.6 is 0 Å². The summed E-state index contributed by atoms with van der Waals surface area (Å²) in [6.45, 7) is 9.11. The number of rotatable bonds is 3. The summed E-state index contributed by atoms with van der Waals surface area (Å²) in [5.41, 5.74) is 7.81. The summed E-state index contributed by atoms with van der Waals surface area (Å²) in [6.07, 6.45) is 0. The topological polar surface area (TPSA) is 46.3 Å². The highest BCUT2D eigenvalue weighted by atomic mass is 16.2. The Morgan fingerprint density at radius 1 is 1.21 bits per heavy atom. The van der Waals surface area contributed by atoms with Crippen molar-refractivity contribution in [2.75, 3.05) is 11.9 Å². The summed E-state index contributed by atoms with van der Waals surface area (Å²) in [4.78, 5) is 14.5. The second-order valence-electron chi connectivity index (χ2n) is 6.61. The van der Waals surface area contributed by atoms with Crippen molar-refractivity contribution < 1.29 is 4.79 Å². The zero-order valence-electron chi connectivity index (χ0n) is 12.5. The molecule has 0 aliphatic heterocycles. The summed E-state index contributed by atoms with van der Waals surface area (Å²) >= 11 is 0. The molecule has 1 saturated carbocycles. The molecule has 1 aliphatic carbocycles. The van der Waals surface area contributed by atoms with Gasteiger partial charge in [0.1, 0.15) is 0 Å². The zero-order valence-corrected chi connectivity index (χ0v) is 12.5. The molecule has 0 atom stereocenters. The van der Waals surface area contributed by atoms with Crippen molar-refractivity contribution in [3.8, 4) is 0 Å². The number of carbonyl (C=O) groups excluding carboxylic acids is 1. The number of nitrogens with two attached hydrogens (primary N) is 1. The van der Waals surface area contributed by atoms with Crippen LogP contribution in [0.3, 0.4) is 0 Å². The number of amides is 1. The Balaban J connectivity index is 2.26. The molecule has 0 heterocycles. The molecule has 1 aliphatic rings. The number of nitrogens with zero attached hydrogens (tertiary/aromatic N) is 1. The summed E-state index contributed by atoms with van der Waals surface area (Å²) in [5, 5.41) is 0. The number of benzene rings is 1. The predicted octanol–water partition coefficient (Wildman–Crippen LogP) is 2.79. The standard InChI is InChI=1S/C16H24N2O/c1-15(2)13(16(15,3)4)14(19)18(5)12-9-7-6-8-11(12)10-17/h6-9,13H,10,17H2,1-5H3. The zero-order chi connectivity index (χ0) is 14.4. The number of carbonyl (C=O) groups is 1. The van der Waals surface area contributed by atoms with Crippen molar-refractivity contribution in [3.05, 3.63) is 29.8 Å². The third kappa shape index (κ3) is 1.96. The summed E-state index contributed by atoms with van der Waals surface area (Å²) < 4.78 is 0. The minimum Gasteiger partial charge on any atom is -0.326 e. The molecular formula is C16H24N2O. The fraction of sp³-hybridized carbons (Fsp3) is 0.562.